The van der Waals surface area contributed by atoms with Gasteiger partial charge in [-0.2, -0.15) is 0 Å². The van der Waals surface area contributed by atoms with Crippen LogP contribution in [0.25, 0.3) is 22.1 Å². The Morgan fingerprint density at radius 2 is 2.04 bits per heavy atom. The molecule has 6 heteroatoms. The first-order valence-corrected chi connectivity index (χ1v) is 8.31. The standard InChI is InChI=1S/C20H17N3O3/c1-13-5-4-6-14(9-13)10-21-17(24)11-23-12-22-18-15-7-2-3-8-16(15)26-19(18)20(23)25/h2-9,12H,10-11H2,1H3,(H,21,24). The molecule has 130 valence electrons. The lowest BCUT2D eigenvalue weighted by Crippen LogP contribution is -2.32. The van der Waals surface area contributed by atoms with Crippen LogP contribution < -0.4 is 10.9 Å². The first kappa shape index (κ1) is 16.1. The highest BCUT2D eigenvalue weighted by molar-refractivity contribution is 6.01. The van der Waals surface area contributed by atoms with Crippen molar-refractivity contribution in [2.75, 3.05) is 0 Å². The van der Waals surface area contributed by atoms with Gasteiger partial charge in [-0.25, -0.2) is 4.98 Å². The van der Waals surface area contributed by atoms with Crippen LogP contribution in [0.5, 0.6) is 0 Å². The fourth-order valence-electron chi connectivity index (χ4n) is 2.96. The molecular formula is C20H17N3O3. The van der Waals surface area contributed by atoms with Gasteiger partial charge in [-0.3, -0.25) is 14.2 Å². The third-order valence-corrected chi connectivity index (χ3v) is 4.24. The van der Waals surface area contributed by atoms with Gasteiger partial charge >= 0.3 is 0 Å². The van der Waals surface area contributed by atoms with Gasteiger partial charge in [0, 0.05) is 11.9 Å². The molecule has 6 nitrogen and oxygen atoms in total. The molecule has 4 rings (SSSR count). The third-order valence-electron chi connectivity index (χ3n) is 4.24. The molecule has 1 N–H and O–H groups in total. The van der Waals surface area contributed by atoms with Gasteiger partial charge in [0.15, 0.2) is 0 Å². The Labute approximate surface area is 149 Å². The number of carbonyl (C=O) groups excluding carboxylic acids is 1. The van der Waals surface area contributed by atoms with Gasteiger partial charge in [-0.1, -0.05) is 42.0 Å². The third kappa shape index (κ3) is 2.97. The van der Waals surface area contributed by atoms with E-state index < -0.39 is 0 Å². The Hall–Kier alpha value is -3.41. The Kier molecular flexibility index (Phi) is 4.01. The number of fused-ring (bicyclic) bond motifs is 3. The van der Waals surface area contributed by atoms with Gasteiger partial charge in [0.1, 0.15) is 17.6 Å². The number of nitrogens with zero attached hydrogens (tertiary/aromatic N) is 2. The second-order valence-electron chi connectivity index (χ2n) is 6.22. The molecule has 4 aromatic rings. The summed E-state index contributed by atoms with van der Waals surface area (Å²) in [7, 11) is 0. The maximum Gasteiger partial charge on any atom is 0.297 e. The zero-order chi connectivity index (χ0) is 18.1. The monoisotopic (exact) mass is 347 g/mol. The molecule has 26 heavy (non-hydrogen) atoms. The molecule has 0 saturated heterocycles. The molecular weight excluding hydrogens is 330 g/mol. The van der Waals surface area contributed by atoms with E-state index in [2.05, 4.69) is 10.3 Å². The minimum atomic E-state index is -0.364. The largest absolute Gasteiger partial charge is 0.448 e. The van der Waals surface area contributed by atoms with E-state index >= 15 is 0 Å². The molecule has 0 bridgehead atoms. The fraction of sp³-hybridized carbons (Fsp3) is 0.150. The topological polar surface area (TPSA) is 77.1 Å². The van der Waals surface area contributed by atoms with Crippen LogP contribution in [-0.2, 0) is 17.9 Å². The molecule has 0 aliphatic rings. The molecule has 0 unspecified atom stereocenters. The van der Waals surface area contributed by atoms with Crippen molar-refractivity contribution in [2.45, 2.75) is 20.0 Å². The number of rotatable bonds is 4. The molecule has 2 aromatic heterocycles. The van der Waals surface area contributed by atoms with E-state index in [1.165, 1.54) is 10.9 Å². The molecule has 0 aliphatic heterocycles. The van der Waals surface area contributed by atoms with Crippen molar-refractivity contribution in [3.05, 3.63) is 76.3 Å². The summed E-state index contributed by atoms with van der Waals surface area (Å²) in [4.78, 5) is 29.1. The van der Waals surface area contributed by atoms with E-state index in [9.17, 15) is 9.59 Å². The number of carbonyl (C=O) groups is 1. The number of benzene rings is 2. The SMILES string of the molecule is Cc1cccc(CNC(=O)Cn2cnc3c(oc4ccccc43)c2=O)c1. The number of amides is 1. The Morgan fingerprint density at radius 3 is 2.88 bits per heavy atom. The van der Waals surface area contributed by atoms with Crippen LogP contribution in [0.3, 0.4) is 0 Å². The van der Waals surface area contributed by atoms with Crippen molar-refractivity contribution in [2.24, 2.45) is 0 Å². The van der Waals surface area contributed by atoms with Crippen LogP contribution in [0.2, 0.25) is 0 Å². The molecule has 0 aliphatic carbocycles. The molecule has 0 atom stereocenters. The van der Waals surface area contributed by atoms with E-state index in [1.807, 2.05) is 49.4 Å². The van der Waals surface area contributed by atoms with Crippen LogP contribution in [0.4, 0.5) is 0 Å². The predicted octanol–water partition coefficient (Wildman–Crippen LogP) is 2.77. The van der Waals surface area contributed by atoms with E-state index in [-0.39, 0.29) is 23.6 Å². The van der Waals surface area contributed by atoms with E-state index in [4.69, 9.17) is 4.42 Å². The molecule has 1 amide bonds. The van der Waals surface area contributed by atoms with Gasteiger partial charge in [0.25, 0.3) is 5.56 Å². The summed E-state index contributed by atoms with van der Waals surface area (Å²) in [5.41, 5.74) is 3.07. The van der Waals surface area contributed by atoms with Gasteiger partial charge in [0.2, 0.25) is 11.5 Å². The quantitative estimate of drug-likeness (QED) is 0.616. The molecule has 0 fully saturated rings. The minimum Gasteiger partial charge on any atom is -0.448 e. The average Bonchev–Trinajstić information content (AvgIpc) is 3.02. The minimum absolute atomic E-state index is 0.107. The lowest BCUT2D eigenvalue weighted by molar-refractivity contribution is -0.121. The average molecular weight is 347 g/mol. The van der Waals surface area contributed by atoms with Crippen molar-refractivity contribution in [3.8, 4) is 0 Å². The molecule has 2 aromatic carbocycles. The lowest BCUT2D eigenvalue weighted by atomic mass is 10.1. The lowest BCUT2D eigenvalue weighted by Gasteiger charge is -2.07. The molecule has 0 saturated carbocycles. The van der Waals surface area contributed by atoms with Crippen molar-refractivity contribution in [1.82, 2.24) is 14.9 Å². The maximum absolute atomic E-state index is 12.6. The second kappa shape index (κ2) is 6.48. The number of hydrogen-bond donors (Lipinski definition) is 1. The molecule has 0 spiro atoms. The van der Waals surface area contributed by atoms with Gasteiger partial charge < -0.3 is 9.73 Å². The number of hydrogen-bond acceptors (Lipinski definition) is 4. The summed E-state index contributed by atoms with van der Waals surface area (Å²) in [5.74, 6) is -0.258. The number of nitrogens with one attached hydrogen (secondary N) is 1. The van der Waals surface area contributed by atoms with Crippen LogP contribution >= 0.6 is 0 Å². The molecule has 2 heterocycles. The summed E-state index contributed by atoms with van der Waals surface area (Å²) in [6.07, 6.45) is 1.39. The Bertz CT molecular complexity index is 1170. The fourth-order valence-corrected chi connectivity index (χ4v) is 2.96. The van der Waals surface area contributed by atoms with Gasteiger partial charge in [-0.05, 0) is 24.6 Å². The highest BCUT2D eigenvalue weighted by Gasteiger charge is 2.14. The summed E-state index contributed by atoms with van der Waals surface area (Å²) >= 11 is 0. The zero-order valence-electron chi connectivity index (χ0n) is 14.2. The normalized spacial score (nSPS) is 11.1. The Balaban J connectivity index is 1.55. The number of para-hydroxylation sites is 1. The Morgan fingerprint density at radius 1 is 1.19 bits per heavy atom. The maximum atomic E-state index is 12.6. The molecule has 0 radical (unpaired) electrons. The van der Waals surface area contributed by atoms with Gasteiger partial charge in [0.05, 0.1) is 6.33 Å². The van der Waals surface area contributed by atoms with Crippen molar-refractivity contribution < 1.29 is 9.21 Å². The van der Waals surface area contributed by atoms with Crippen LogP contribution in [-0.4, -0.2) is 15.5 Å². The number of furan rings is 1. The van der Waals surface area contributed by atoms with Crippen molar-refractivity contribution >= 4 is 28.0 Å². The first-order chi connectivity index (χ1) is 12.6. The predicted molar refractivity (Wildman–Crippen MR) is 98.8 cm³/mol. The van der Waals surface area contributed by atoms with Crippen molar-refractivity contribution in [1.29, 1.82) is 0 Å². The van der Waals surface area contributed by atoms with E-state index in [0.29, 0.717) is 17.6 Å². The van der Waals surface area contributed by atoms with Crippen LogP contribution in [0.1, 0.15) is 11.1 Å². The summed E-state index contributed by atoms with van der Waals surface area (Å²) in [5, 5.41) is 3.61. The summed E-state index contributed by atoms with van der Waals surface area (Å²) in [6, 6.07) is 15.2. The zero-order valence-corrected chi connectivity index (χ0v) is 14.2. The van der Waals surface area contributed by atoms with Crippen molar-refractivity contribution in [3.63, 3.8) is 0 Å². The smallest absolute Gasteiger partial charge is 0.297 e. The second-order valence-corrected chi connectivity index (χ2v) is 6.22. The van der Waals surface area contributed by atoms with E-state index in [1.54, 1.807) is 6.07 Å². The van der Waals surface area contributed by atoms with Gasteiger partial charge in [-0.15, -0.1) is 0 Å². The summed E-state index contributed by atoms with van der Waals surface area (Å²) in [6.45, 7) is 2.30. The van der Waals surface area contributed by atoms with Crippen LogP contribution in [0, 0.1) is 6.92 Å². The highest BCUT2D eigenvalue weighted by atomic mass is 16.3. The first-order valence-electron chi connectivity index (χ1n) is 8.31. The number of aryl methyl sites for hydroxylation is 1. The van der Waals surface area contributed by atoms with E-state index in [0.717, 1.165) is 16.5 Å². The van der Waals surface area contributed by atoms with Crippen LogP contribution in [0.15, 0.2) is 64.1 Å². The highest BCUT2D eigenvalue weighted by Crippen LogP contribution is 2.23. The summed E-state index contributed by atoms with van der Waals surface area (Å²) < 4.78 is 6.88. The number of aromatic nitrogens is 2.